The van der Waals surface area contributed by atoms with Crippen LogP contribution in [0.3, 0.4) is 0 Å². The maximum absolute atomic E-state index is 10.0. The van der Waals surface area contributed by atoms with E-state index in [1.165, 1.54) is 5.56 Å². The van der Waals surface area contributed by atoms with E-state index in [9.17, 15) is 5.11 Å². The summed E-state index contributed by atoms with van der Waals surface area (Å²) in [5, 5.41) is 10.0. The molecule has 0 amide bonds. The average molecular weight is 235 g/mol. The van der Waals surface area contributed by atoms with Gasteiger partial charge in [-0.1, -0.05) is 13.0 Å². The van der Waals surface area contributed by atoms with Crippen LogP contribution < -0.4 is 4.74 Å². The summed E-state index contributed by atoms with van der Waals surface area (Å²) in [4.78, 5) is 2.09. The zero-order chi connectivity index (χ0) is 12.4. The zero-order valence-corrected chi connectivity index (χ0v) is 10.8. The molecule has 0 bridgehead atoms. The molecule has 94 valence electrons. The van der Waals surface area contributed by atoms with E-state index in [2.05, 4.69) is 17.9 Å². The Morgan fingerprint density at radius 3 is 2.88 bits per heavy atom. The minimum Gasteiger partial charge on any atom is -0.492 e. The molecule has 1 aliphatic rings. The number of fused-ring (bicyclic) bond motifs is 1. The number of ether oxygens (including phenoxy) is 1. The van der Waals surface area contributed by atoms with Crippen molar-refractivity contribution in [2.45, 2.75) is 19.4 Å². The lowest BCUT2D eigenvalue weighted by Gasteiger charge is -2.13. The Bertz CT molecular complexity index is 390. The van der Waals surface area contributed by atoms with Gasteiger partial charge in [0.1, 0.15) is 12.4 Å². The molecule has 0 radical (unpaired) electrons. The highest BCUT2D eigenvalue weighted by atomic mass is 16.5. The molecule has 3 nitrogen and oxygen atoms in total. The van der Waals surface area contributed by atoms with Crippen LogP contribution in [-0.4, -0.2) is 37.3 Å². The first-order valence-electron chi connectivity index (χ1n) is 6.16. The van der Waals surface area contributed by atoms with Gasteiger partial charge in [-0.15, -0.1) is 0 Å². The molecule has 17 heavy (non-hydrogen) atoms. The maximum atomic E-state index is 10.0. The summed E-state index contributed by atoms with van der Waals surface area (Å²) in [7, 11) is 4.05. The van der Waals surface area contributed by atoms with E-state index in [0.29, 0.717) is 12.5 Å². The van der Waals surface area contributed by atoms with Crippen LogP contribution in [0.2, 0.25) is 0 Å². The van der Waals surface area contributed by atoms with Crippen molar-refractivity contribution in [3.8, 4) is 5.75 Å². The van der Waals surface area contributed by atoms with E-state index < -0.39 is 0 Å². The summed E-state index contributed by atoms with van der Waals surface area (Å²) < 4.78 is 5.67. The topological polar surface area (TPSA) is 32.7 Å². The Balaban J connectivity index is 2.02. The molecule has 0 spiro atoms. The van der Waals surface area contributed by atoms with Gasteiger partial charge in [0.05, 0.1) is 6.10 Å². The molecular weight excluding hydrogens is 214 g/mol. The van der Waals surface area contributed by atoms with Gasteiger partial charge in [0.15, 0.2) is 0 Å². The number of aliphatic hydroxyl groups excluding tert-OH is 1. The minimum atomic E-state index is -0.331. The van der Waals surface area contributed by atoms with Crippen molar-refractivity contribution in [1.82, 2.24) is 4.90 Å². The molecule has 0 unspecified atom stereocenters. The lowest BCUT2D eigenvalue weighted by atomic mass is 10.1. The van der Waals surface area contributed by atoms with Crippen LogP contribution in [0, 0.1) is 5.92 Å². The number of rotatable bonds is 4. The molecule has 0 fully saturated rings. The van der Waals surface area contributed by atoms with Gasteiger partial charge in [0.2, 0.25) is 0 Å². The van der Waals surface area contributed by atoms with E-state index in [4.69, 9.17) is 4.74 Å². The van der Waals surface area contributed by atoms with Gasteiger partial charge < -0.3 is 14.7 Å². The quantitative estimate of drug-likeness (QED) is 0.864. The number of aliphatic hydroxyl groups is 1. The number of hydrogen-bond acceptors (Lipinski definition) is 3. The molecule has 0 aliphatic heterocycles. The molecule has 0 aromatic heterocycles. The Labute approximate surface area is 103 Å². The van der Waals surface area contributed by atoms with Crippen molar-refractivity contribution in [2.75, 3.05) is 27.2 Å². The number of likely N-dealkylation sites (N-methyl/N-ethyl adjacent to an activating group) is 1. The third-order valence-electron chi connectivity index (χ3n) is 3.32. The molecule has 1 aromatic carbocycles. The van der Waals surface area contributed by atoms with Crippen LogP contribution in [0.4, 0.5) is 0 Å². The van der Waals surface area contributed by atoms with E-state index in [1.54, 1.807) is 0 Å². The van der Waals surface area contributed by atoms with Gasteiger partial charge in [-0.25, -0.2) is 0 Å². The summed E-state index contributed by atoms with van der Waals surface area (Å²) in [6, 6.07) is 6.06. The fourth-order valence-corrected chi connectivity index (χ4v) is 2.24. The van der Waals surface area contributed by atoms with Crippen molar-refractivity contribution in [1.29, 1.82) is 0 Å². The highest BCUT2D eigenvalue weighted by Gasteiger charge is 2.27. The highest BCUT2D eigenvalue weighted by Crippen LogP contribution is 2.37. The average Bonchev–Trinajstić information content (AvgIpc) is 2.55. The predicted octanol–water partition coefficient (Wildman–Crippen LogP) is 1.85. The second-order valence-electron chi connectivity index (χ2n) is 5.14. The fraction of sp³-hybridized carbons (Fsp3) is 0.571. The largest absolute Gasteiger partial charge is 0.492 e. The summed E-state index contributed by atoms with van der Waals surface area (Å²) in [6.45, 7) is 3.66. The van der Waals surface area contributed by atoms with E-state index >= 15 is 0 Å². The van der Waals surface area contributed by atoms with Gasteiger partial charge in [-0.3, -0.25) is 0 Å². The van der Waals surface area contributed by atoms with E-state index in [0.717, 1.165) is 24.3 Å². The molecule has 1 aliphatic carbocycles. The number of nitrogens with zero attached hydrogens (tertiary/aromatic N) is 1. The second-order valence-corrected chi connectivity index (χ2v) is 5.14. The van der Waals surface area contributed by atoms with Crippen LogP contribution in [0.25, 0.3) is 0 Å². The minimum absolute atomic E-state index is 0.321. The molecule has 1 N–H and O–H groups in total. The number of benzene rings is 1. The van der Waals surface area contributed by atoms with Crippen molar-refractivity contribution < 1.29 is 9.84 Å². The first-order chi connectivity index (χ1) is 8.08. The molecule has 0 saturated heterocycles. The normalized spacial score (nSPS) is 22.9. The standard InChI is InChI=1S/C14H21NO2/c1-10-8-11-4-5-12(9-13(11)14(10)16)17-7-6-15(2)3/h4-5,9-10,14,16H,6-8H2,1-3H3/t10-,14-/m1/s1. The van der Waals surface area contributed by atoms with Gasteiger partial charge in [0.25, 0.3) is 0 Å². The Hall–Kier alpha value is -1.06. The molecule has 0 saturated carbocycles. The third-order valence-corrected chi connectivity index (χ3v) is 3.32. The third kappa shape index (κ3) is 2.79. The zero-order valence-electron chi connectivity index (χ0n) is 10.8. The SMILES string of the molecule is C[C@@H]1Cc2ccc(OCCN(C)C)cc2[C@@H]1O. The van der Waals surface area contributed by atoms with Crippen molar-refractivity contribution >= 4 is 0 Å². The summed E-state index contributed by atoms with van der Waals surface area (Å²) >= 11 is 0. The van der Waals surface area contributed by atoms with Crippen LogP contribution >= 0.6 is 0 Å². The molecule has 2 rings (SSSR count). The maximum Gasteiger partial charge on any atom is 0.119 e. The monoisotopic (exact) mass is 235 g/mol. The van der Waals surface area contributed by atoms with Crippen molar-refractivity contribution in [3.63, 3.8) is 0 Å². The Morgan fingerprint density at radius 2 is 2.18 bits per heavy atom. The van der Waals surface area contributed by atoms with Gasteiger partial charge in [-0.05, 0) is 49.7 Å². The lowest BCUT2D eigenvalue weighted by Crippen LogP contribution is -2.19. The van der Waals surface area contributed by atoms with E-state index in [1.807, 2.05) is 26.2 Å². The van der Waals surface area contributed by atoms with Crippen molar-refractivity contribution in [2.24, 2.45) is 5.92 Å². The first kappa shape index (κ1) is 12.4. The molecule has 3 heteroatoms. The van der Waals surface area contributed by atoms with Crippen LogP contribution in [0.5, 0.6) is 5.75 Å². The first-order valence-corrected chi connectivity index (χ1v) is 6.16. The second kappa shape index (κ2) is 5.07. The molecule has 2 atom stereocenters. The fourth-order valence-electron chi connectivity index (χ4n) is 2.24. The van der Waals surface area contributed by atoms with Crippen molar-refractivity contribution in [3.05, 3.63) is 29.3 Å². The summed E-state index contributed by atoms with van der Waals surface area (Å²) in [5.41, 5.74) is 2.30. The number of hydrogen-bond donors (Lipinski definition) is 1. The highest BCUT2D eigenvalue weighted by molar-refractivity contribution is 5.40. The van der Waals surface area contributed by atoms with Gasteiger partial charge in [0, 0.05) is 6.54 Å². The summed E-state index contributed by atoms with van der Waals surface area (Å²) in [6.07, 6.45) is 0.636. The van der Waals surface area contributed by atoms with Gasteiger partial charge in [-0.2, -0.15) is 0 Å². The van der Waals surface area contributed by atoms with Crippen LogP contribution in [0.1, 0.15) is 24.2 Å². The summed E-state index contributed by atoms with van der Waals surface area (Å²) in [5.74, 6) is 1.18. The van der Waals surface area contributed by atoms with E-state index in [-0.39, 0.29) is 6.10 Å². The molecule has 0 heterocycles. The predicted molar refractivity (Wildman–Crippen MR) is 68.3 cm³/mol. The molecular formula is C14H21NO2. The van der Waals surface area contributed by atoms with Crippen LogP contribution in [-0.2, 0) is 6.42 Å². The van der Waals surface area contributed by atoms with Crippen LogP contribution in [0.15, 0.2) is 18.2 Å². The van der Waals surface area contributed by atoms with Gasteiger partial charge >= 0.3 is 0 Å². The Morgan fingerprint density at radius 1 is 1.41 bits per heavy atom. The smallest absolute Gasteiger partial charge is 0.119 e. The lowest BCUT2D eigenvalue weighted by molar-refractivity contribution is 0.132. The Kier molecular flexibility index (Phi) is 3.69. The molecule has 1 aromatic rings.